The molecule has 5 rings (SSSR count). The van der Waals surface area contributed by atoms with Crippen molar-refractivity contribution in [2.75, 3.05) is 13.7 Å². The lowest BCUT2D eigenvalue weighted by molar-refractivity contribution is -0.147. The van der Waals surface area contributed by atoms with E-state index in [-0.39, 0.29) is 11.2 Å². The maximum absolute atomic E-state index is 11.9. The van der Waals surface area contributed by atoms with E-state index < -0.39 is 5.60 Å². The van der Waals surface area contributed by atoms with Crippen LogP contribution in [0.5, 0.6) is 11.5 Å². The van der Waals surface area contributed by atoms with Crippen LogP contribution in [-0.2, 0) is 0 Å². The first kappa shape index (κ1) is 22.3. The quantitative estimate of drug-likeness (QED) is 0.567. The molecule has 1 aromatic rings. The van der Waals surface area contributed by atoms with Gasteiger partial charge in [0.15, 0.2) is 11.5 Å². The fraction of sp³-hybridized carbons (Fsp3) is 0.750. The van der Waals surface area contributed by atoms with Crippen molar-refractivity contribution >= 4 is 6.21 Å². The second-order valence-corrected chi connectivity index (χ2v) is 11.8. The largest absolute Gasteiger partial charge is 0.504 e. The van der Waals surface area contributed by atoms with E-state index in [4.69, 9.17) is 4.74 Å². The third-order valence-corrected chi connectivity index (χ3v) is 10.7. The molecule has 7 atom stereocenters. The minimum Gasteiger partial charge on any atom is -0.504 e. The number of methoxy groups -OCH3 is 1. The van der Waals surface area contributed by atoms with Crippen LogP contribution in [-0.4, -0.2) is 35.7 Å². The van der Waals surface area contributed by atoms with Gasteiger partial charge >= 0.3 is 0 Å². The zero-order valence-corrected chi connectivity index (χ0v) is 20.1. The summed E-state index contributed by atoms with van der Waals surface area (Å²) >= 11 is 0. The Balaban J connectivity index is 1.34. The Hall–Kier alpha value is -1.55. The fourth-order valence-corrected chi connectivity index (χ4v) is 8.77. The highest BCUT2D eigenvalue weighted by Gasteiger charge is 2.64. The maximum Gasteiger partial charge on any atom is 0.166 e. The standard InChI is InChI=1S/C28H41NO3/c1-26-14-5-4-8-20(26)10-11-21-22(26)12-15-27(2)23(21)13-16-28(27,31)18-29-17-19-7-6-9-24(32-3)25(19)30/h6-7,9,17,20-23,30-31H,4-5,8,10-16,18H2,1-3H3/t20-,21-,22+,23-,26+,27-,28+/m1/s1. The highest BCUT2D eigenvalue weighted by atomic mass is 16.5. The van der Waals surface area contributed by atoms with Crippen molar-refractivity contribution in [2.45, 2.75) is 83.7 Å². The summed E-state index contributed by atoms with van der Waals surface area (Å²) < 4.78 is 5.21. The zero-order valence-electron chi connectivity index (χ0n) is 20.1. The van der Waals surface area contributed by atoms with Crippen LogP contribution in [0.2, 0.25) is 0 Å². The number of hydrogen-bond donors (Lipinski definition) is 2. The molecule has 0 radical (unpaired) electrons. The summed E-state index contributed by atoms with van der Waals surface area (Å²) in [6.45, 7) is 5.38. The summed E-state index contributed by atoms with van der Waals surface area (Å²) in [6, 6.07) is 5.42. The molecule has 0 unspecified atom stereocenters. The van der Waals surface area contributed by atoms with Gasteiger partial charge < -0.3 is 14.9 Å². The molecule has 0 spiro atoms. The predicted molar refractivity (Wildman–Crippen MR) is 128 cm³/mol. The number of aromatic hydroxyl groups is 1. The third kappa shape index (κ3) is 3.23. The molecule has 4 fully saturated rings. The lowest BCUT2D eigenvalue weighted by atomic mass is 9.44. The minimum atomic E-state index is -0.752. The number of ether oxygens (including phenoxy) is 1. The van der Waals surface area contributed by atoms with Crippen LogP contribution < -0.4 is 4.74 Å². The monoisotopic (exact) mass is 439 g/mol. The summed E-state index contributed by atoms with van der Waals surface area (Å²) in [6.07, 6.45) is 14.5. The summed E-state index contributed by atoms with van der Waals surface area (Å²) in [4.78, 5) is 4.66. The number of nitrogens with zero attached hydrogens (tertiary/aromatic N) is 1. The van der Waals surface area contributed by atoms with Crippen LogP contribution in [0.4, 0.5) is 0 Å². The van der Waals surface area contributed by atoms with Gasteiger partial charge in [-0.1, -0.05) is 32.8 Å². The van der Waals surface area contributed by atoms with Gasteiger partial charge in [0.1, 0.15) is 0 Å². The Morgan fingerprint density at radius 1 is 1.03 bits per heavy atom. The number of aliphatic hydroxyl groups is 1. The molecule has 4 heteroatoms. The van der Waals surface area contributed by atoms with Crippen LogP contribution in [0.25, 0.3) is 0 Å². The number of aliphatic imine (C=N–C) groups is 1. The molecule has 32 heavy (non-hydrogen) atoms. The van der Waals surface area contributed by atoms with E-state index in [0.29, 0.717) is 29.2 Å². The summed E-state index contributed by atoms with van der Waals surface area (Å²) in [5, 5.41) is 22.2. The third-order valence-electron chi connectivity index (χ3n) is 10.7. The Labute approximate surface area is 193 Å². The normalized spacial score (nSPS) is 43.5. The van der Waals surface area contributed by atoms with E-state index in [9.17, 15) is 10.2 Å². The molecule has 4 aliphatic rings. The molecule has 2 N–H and O–H groups in total. The second-order valence-electron chi connectivity index (χ2n) is 11.8. The molecule has 0 heterocycles. The predicted octanol–water partition coefficient (Wildman–Crippen LogP) is 5.98. The molecule has 176 valence electrons. The van der Waals surface area contributed by atoms with Gasteiger partial charge in [-0.3, -0.25) is 4.99 Å². The summed E-state index contributed by atoms with van der Waals surface area (Å²) in [7, 11) is 1.55. The summed E-state index contributed by atoms with van der Waals surface area (Å²) in [5.74, 6) is 3.73. The van der Waals surface area contributed by atoms with Gasteiger partial charge in [-0.05, 0) is 92.6 Å². The van der Waals surface area contributed by atoms with E-state index in [1.165, 1.54) is 44.9 Å². The average molecular weight is 440 g/mol. The van der Waals surface area contributed by atoms with Crippen molar-refractivity contribution < 1.29 is 14.9 Å². The minimum absolute atomic E-state index is 0.0558. The Morgan fingerprint density at radius 3 is 2.66 bits per heavy atom. The number of rotatable bonds is 4. The first-order chi connectivity index (χ1) is 15.3. The zero-order chi connectivity index (χ0) is 22.6. The SMILES string of the molecule is COc1cccc(C=NC[C@@]2(O)CC[C@@H]3[C@@H]4CC[C@H]5CCCC[C@]5(C)[C@H]4CC[C@]32C)c1O. The van der Waals surface area contributed by atoms with Gasteiger partial charge in [0.25, 0.3) is 0 Å². The van der Waals surface area contributed by atoms with Crippen molar-refractivity contribution in [1.29, 1.82) is 0 Å². The lowest BCUT2D eigenvalue weighted by Gasteiger charge is -2.61. The molecular weight excluding hydrogens is 398 g/mol. The first-order valence-electron chi connectivity index (χ1n) is 12.9. The van der Waals surface area contributed by atoms with Crippen molar-refractivity contribution in [2.24, 2.45) is 39.5 Å². The molecule has 0 aliphatic heterocycles. The molecule has 0 amide bonds. The smallest absolute Gasteiger partial charge is 0.166 e. The van der Waals surface area contributed by atoms with Gasteiger partial charge in [-0.2, -0.15) is 0 Å². The van der Waals surface area contributed by atoms with Gasteiger partial charge in [-0.15, -0.1) is 0 Å². The molecule has 0 saturated heterocycles. The number of fused-ring (bicyclic) bond motifs is 5. The molecule has 4 nitrogen and oxygen atoms in total. The van der Waals surface area contributed by atoms with Crippen molar-refractivity contribution in [3.8, 4) is 11.5 Å². The highest BCUT2D eigenvalue weighted by molar-refractivity contribution is 5.84. The van der Waals surface area contributed by atoms with E-state index in [1.54, 1.807) is 19.4 Å². The number of benzene rings is 1. The topological polar surface area (TPSA) is 62.0 Å². The van der Waals surface area contributed by atoms with Crippen LogP contribution >= 0.6 is 0 Å². The van der Waals surface area contributed by atoms with Crippen LogP contribution in [0, 0.1) is 34.5 Å². The number of para-hydroxylation sites is 1. The van der Waals surface area contributed by atoms with Crippen LogP contribution in [0.1, 0.15) is 83.6 Å². The molecule has 4 aliphatic carbocycles. The van der Waals surface area contributed by atoms with Gasteiger partial charge in [0.2, 0.25) is 0 Å². The number of phenols is 1. The lowest BCUT2D eigenvalue weighted by Crippen LogP contribution is -2.56. The van der Waals surface area contributed by atoms with E-state index in [1.807, 2.05) is 12.1 Å². The maximum atomic E-state index is 11.9. The molecule has 0 bridgehead atoms. The molecule has 1 aromatic carbocycles. The molecular formula is C28H41NO3. The second kappa shape index (κ2) is 8.04. The molecule has 4 saturated carbocycles. The molecule has 0 aromatic heterocycles. The Kier molecular flexibility index (Phi) is 5.59. The number of phenolic OH excluding ortho intramolecular Hbond substituents is 1. The van der Waals surface area contributed by atoms with Crippen molar-refractivity contribution in [1.82, 2.24) is 0 Å². The van der Waals surface area contributed by atoms with Gasteiger partial charge in [0, 0.05) is 17.2 Å². The van der Waals surface area contributed by atoms with E-state index >= 15 is 0 Å². The highest BCUT2D eigenvalue weighted by Crippen LogP contribution is 2.68. The van der Waals surface area contributed by atoms with Crippen LogP contribution in [0.3, 0.4) is 0 Å². The fourth-order valence-electron chi connectivity index (χ4n) is 8.77. The first-order valence-corrected chi connectivity index (χ1v) is 12.9. The van der Waals surface area contributed by atoms with Gasteiger partial charge in [-0.25, -0.2) is 0 Å². The van der Waals surface area contributed by atoms with Crippen molar-refractivity contribution in [3.05, 3.63) is 23.8 Å². The average Bonchev–Trinajstić information content (AvgIpc) is 3.05. The summed E-state index contributed by atoms with van der Waals surface area (Å²) in [5.41, 5.74) is 0.364. The van der Waals surface area contributed by atoms with E-state index in [2.05, 4.69) is 18.8 Å². The van der Waals surface area contributed by atoms with Gasteiger partial charge in [0.05, 0.1) is 19.3 Å². The van der Waals surface area contributed by atoms with Crippen LogP contribution in [0.15, 0.2) is 23.2 Å². The Morgan fingerprint density at radius 2 is 1.84 bits per heavy atom. The van der Waals surface area contributed by atoms with Crippen molar-refractivity contribution in [3.63, 3.8) is 0 Å². The Bertz CT molecular complexity index is 883. The number of hydrogen-bond acceptors (Lipinski definition) is 4. The van der Waals surface area contributed by atoms with E-state index in [0.717, 1.165) is 37.0 Å².